The average Bonchev–Trinajstić information content (AvgIpc) is 2.55. The summed E-state index contributed by atoms with van der Waals surface area (Å²) in [4.78, 5) is 4.29. The molecule has 0 radical (unpaired) electrons. The van der Waals surface area contributed by atoms with Crippen LogP contribution in [0.15, 0.2) is 12.4 Å². The number of aromatic nitrogens is 2. The molecule has 1 N–H and O–H groups in total. The van der Waals surface area contributed by atoms with E-state index in [4.69, 9.17) is 0 Å². The summed E-state index contributed by atoms with van der Waals surface area (Å²) in [6, 6.07) is 0. The predicted molar refractivity (Wildman–Crippen MR) is 59.4 cm³/mol. The van der Waals surface area contributed by atoms with Crippen LogP contribution in [-0.4, -0.2) is 14.7 Å². The van der Waals surface area contributed by atoms with Crippen LogP contribution in [0.4, 0.5) is 0 Å². The maximum atomic E-state index is 10.6. The molecule has 1 saturated carbocycles. The highest BCUT2D eigenvalue weighted by atomic mass is 16.3. The first-order valence-corrected chi connectivity index (χ1v) is 5.82. The summed E-state index contributed by atoms with van der Waals surface area (Å²) in [5.74, 6) is 1.57. The van der Waals surface area contributed by atoms with Crippen LogP contribution >= 0.6 is 0 Å². The van der Waals surface area contributed by atoms with Crippen molar-refractivity contribution in [2.24, 2.45) is 13.0 Å². The molecule has 0 aromatic carbocycles. The van der Waals surface area contributed by atoms with Gasteiger partial charge in [0.2, 0.25) is 0 Å². The Kier molecular flexibility index (Phi) is 2.83. The Morgan fingerprint density at radius 2 is 2.27 bits per heavy atom. The van der Waals surface area contributed by atoms with Crippen molar-refractivity contribution >= 4 is 0 Å². The Morgan fingerprint density at radius 3 is 2.93 bits per heavy atom. The van der Waals surface area contributed by atoms with Crippen molar-refractivity contribution in [1.82, 2.24) is 9.55 Å². The quantitative estimate of drug-likeness (QED) is 0.718. The summed E-state index contributed by atoms with van der Waals surface area (Å²) in [5, 5.41) is 10.6. The number of imidazole rings is 1. The van der Waals surface area contributed by atoms with E-state index in [1.807, 2.05) is 17.8 Å². The van der Waals surface area contributed by atoms with E-state index in [-0.39, 0.29) is 0 Å². The fourth-order valence-electron chi connectivity index (χ4n) is 2.54. The van der Waals surface area contributed by atoms with Crippen molar-refractivity contribution in [3.63, 3.8) is 0 Å². The van der Waals surface area contributed by atoms with Gasteiger partial charge in [-0.3, -0.25) is 0 Å². The van der Waals surface area contributed by atoms with Crippen LogP contribution in [0, 0.1) is 5.92 Å². The van der Waals surface area contributed by atoms with Crippen molar-refractivity contribution in [3.05, 3.63) is 18.2 Å². The number of aryl methyl sites for hydroxylation is 1. The van der Waals surface area contributed by atoms with Gasteiger partial charge in [-0.1, -0.05) is 13.3 Å². The van der Waals surface area contributed by atoms with Crippen LogP contribution in [0.1, 0.15) is 44.9 Å². The van der Waals surface area contributed by atoms with E-state index in [2.05, 4.69) is 11.9 Å². The fraction of sp³-hybridized carbons (Fsp3) is 0.750. The molecule has 1 aromatic heterocycles. The predicted octanol–water partition coefficient (Wildman–Crippen LogP) is 2.21. The van der Waals surface area contributed by atoms with Crippen LogP contribution in [0.3, 0.4) is 0 Å². The van der Waals surface area contributed by atoms with Gasteiger partial charge in [0.1, 0.15) is 11.4 Å². The van der Waals surface area contributed by atoms with Crippen molar-refractivity contribution in [2.75, 3.05) is 0 Å². The molecule has 3 heteroatoms. The number of hydrogen-bond donors (Lipinski definition) is 1. The standard InChI is InChI=1S/C12H20N2O/c1-10-4-3-6-12(15,7-5-10)11-13-8-9-14(11)2/h8-10,15H,3-7H2,1-2H3. The lowest BCUT2D eigenvalue weighted by atomic mass is 9.93. The minimum absolute atomic E-state index is 0.691. The second-order valence-electron chi connectivity index (χ2n) is 4.93. The molecule has 0 aliphatic heterocycles. The molecule has 84 valence electrons. The minimum Gasteiger partial charge on any atom is -0.382 e. The fourth-order valence-corrected chi connectivity index (χ4v) is 2.54. The lowest BCUT2D eigenvalue weighted by Gasteiger charge is -2.25. The van der Waals surface area contributed by atoms with Crippen molar-refractivity contribution in [1.29, 1.82) is 0 Å². The zero-order valence-corrected chi connectivity index (χ0v) is 9.61. The van der Waals surface area contributed by atoms with Crippen molar-refractivity contribution < 1.29 is 5.11 Å². The smallest absolute Gasteiger partial charge is 0.140 e. The Bertz CT molecular complexity index is 334. The molecule has 15 heavy (non-hydrogen) atoms. The summed E-state index contributed by atoms with van der Waals surface area (Å²) in [7, 11) is 1.95. The topological polar surface area (TPSA) is 38.1 Å². The first-order valence-electron chi connectivity index (χ1n) is 5.82. The molecule has 2 unspecified atom stereocenters. The van der Waals surface area contributed by atoms with Crippen molar-refractivity contribution in [3.8, 4) is 0 Å². The molecule has 1 aliphatic carbocycles. The summed E-state index contributed by atoms with van der Waals surface area (Å²) < 4.78 is 1.94. The van der Waals surface area contributed by atoms with E-state index in [0.29, 0.717) is 0 Å². The molecule has 1 aromatic rings. The Balaban J connectivity index is 2.22. The highest BCUT2D eigenvalue weighted by molar-refractivity contribution is 5.05. The number of rotatable bonds is 1. The van der Waals surface area contributed by atoms with E-state index in [0.717, 1.165) is 37.4 Å². The second kappa shape index (κ2) is 3.97. The monoisotopic (exact) mass is 208 g/mol. The Labute approximate surface area is 91.1 Å². The number of aliphatic hydroxyl groups is 1. The first kappa shape index (κ1) is 10.7. The lowest BCUT2D eigenvalue weighted by molar-refractivity contribution is 0.00849. The van der Waals surface area contributed by atoms with Gasteiger partial charge in [-0.2, -0.15) is 0 Å². The van der Waals surface area contributed by atoms with E-state index < -0.39 is 5.60 Å². The zero-order chi connectivity index (χ0) is 10.9. The van der Waals surface area contributed by atoms with Gasteiger partial charge >= 0.3 is 0 Å². The maximum absolute atomic E-state index is 10.6. The first-order chi connectivity index (χ1) is 7.12. The molecule has 1 heterocycles. The summed E-state index contributed by atoms with van der Waals surface area (Å²) in [5.41, 5.74) is -0.691. The van der Waals surface area contributed by atoms with Gasteiger partial charge in [-0.05, 0) is 31.6 Å². The minimum atomic E-state index is -0.691. The van der Waals surface area contributed by atoms with Crippen LogP contribution in [0.2, 0.25) is 0 Å². The molecule has 2 atom stereocenters. The van der Waals surface area contributed by atoms with Gasteiger partial charge in [0.05, 0.1) is 0 Å². The third-order valence-corrected chi connectivity index (χ3v) is 3.58. The third-order valence-electron chi connectivity index (χ3n) is 3.58. The summed E-state index contributed by atoms with van der Waals surface area (Å²) in [6.07, 6.45) is 8.80. The van der Waals surface area contributed by atoms with Gasteiger partial charge in [-0.15, -0.1) is 0 Å². The zero-order valence-electron chi connectivity index (χ0n) is 9.61. The van der Waals surface area contributed by atoms with E-state index in [1.54, 1.807) is 6.20 Å². The average molecular weight is 208 g/mol. The molecule has 1 aliphatic rings. The van der Waals surface area contributed by atoms with E-state index in [9.17, 15) is 5.11 Å². The highest BCUT2D eigenvalue weighted by Gasteiger charge is 2.34. The lowest BCUT2D eigenvalue weighted by Crippen LogP contribution is -2.28. The molecule has 0 bridgehead atoms. The van der Waals surface area contributed by atoms with Crippen molar-refractivity contribution in [2.45, 2.75) is 44.6 Å². The number of hydrogen-bond acceptors (Lipinski definition) is 2. The Morgan fingerprint density at radius 1 is 1.47 bits per heavy atom. The van der Waals surface area contributed by atoms with Crippen LogP contribution < -0.4 is 0 Å². The van der Waals surface area contributed by atoms with Crippen LogP contribution in [0.5, 0.6) is 0 Å². The Hall–Kier alpha value is -0.830. The van der Waals surface area contributed by atoms with Gasteiger partial charge in [-0.25, -0.2) is 4.98 Å². The maximum Gasteiger partial charge on any atom is 0.140 e. The van der Waals surface area contributed by atoms with Crippen LogP contribution in [-0.2, 0) is 12.6 Å². The van der Waals surface area contributed by atoms with Gasteiger partial charge < -0.3 is 9.67 Å². The van der Waals surface area contributed by atoms with Gasteiger partial charge in [0, 0.05) is 19.4 Å². The van der Waals surface area contributed by atoms with E-state index in [1.165, 1.54) is 6.42 Å². The number of nitrogens with zero attached hydrogens (tertiary/aromatic N) is 2. The van der Waals surface area contributed by atoms with Gasteiger partial charge in [0.15, 0.2) is 0 Å². The third kappa shape index (κ3) is 2.07. The SMILES string of the molecule is CC1CCCC(O)(c2nccn2C)CC1. The summed E-state index contributed by atoms with van der Waals surface area (Å²) in [6.45, 7) is 2.27. The molecule has 2 rings (SSSR count). The molecule has 0 saturated heterocycles. The molecule has 1 fully saturated rings. The van der Waals surface area contributed by atoms with E-state index >= 15 is 0 Å². The molecule has 0 amide bonds. The van der Waals surface area contributed by atoms with Gasteiger partial charge in [0.25, 0.3) is 0 Å². The largest absolute Gasteiger partial charge is 0.382 e. The molecule has 3 nitrogen and oxygen atoms in total. The normalized spacial score (nSPS) is 32.6. The molecular formula is C12H20N2O. The second-order valence-corrected chi connectivity index (χ2v) is 4.93. The molecule has 0 spiro atoms. The molecular weight excluding hydrogens is 188 g/mol. The summed E-state index contributed by atoms with van der Waals surface area (Å²) >= 11 is 0. The highest BCUT2D eigenvalue weighted by Crippen LogP contribution is 2.36. The van der Waals surface area contributed by atoms with Crippen LogP contribution in [0.25, 0.3) is 0 Å².